The number of rotatable bonds is 1. The third-order valence-electron chi connectivity index (χ3n) is 1.62. The average Bonchev–Trinajstić information content (AvgIpc) is 2.17. The number of carbonyl (C=O) groups excluding carboxylic acids is 1. The third-order valence-corrected chi connectivity index (χ3v) is 1.62. The zero-order valence-electron chi connectivity index (χ0n) is 5.65. The molecule has 0 aliphatic carbocycles. The first-order valence-electron chi connectivity index (χ1n) is 3.23. The topological polar surface area (TPSA) is 66.8 Å². The Bertz CT molecular complexity index is 145. The van der Waals surface area contributed by atoms with Crippen molar-refractivity contribution in [3.05, 3.63) is 0 Å². The molecule has 1 aliphatic heterocycles. The van der Waals surface area contributed by atoms with Crippen molar-refractivity contribution < 1.29 is 19.7 Å². The van der Waals surface area contributed by atoms with Crippen molar-refractivity contribution in [2.45, 2.75) is 31.7 Å². The van der Waals surface area contributed by atoms with E-state index in [1.165, 1.54) is 0 Å². The zero-order valence-corrected chi connectivity index (χ0v) is 5.65. The number of cyclic esters (lactones) is 1. The molecule has 10 heavy (non-hydrogen) atoms. The van der Waals surface area contributed by atoms with Crippen molar-refractivity contribution in [1.29, 1.82) is 0 Å². The molecule has 3 atom stereocenters. The van der Waals surface area contributed by atoms with Gasteiger partial charge < -0.3 is 14.9 Å². The standard InChI is InChI=1S/C6H10O4/c1-2-3-4(7)5(8)6(9)10-3/h3-5,7-8H,2H2,1H3/t3-,4+,5-/m1/s1. The van der Waals surface area contributed by atoms with Gasteiger partial charge in [0.25, 0.3) is 0 Å². The summed E-state index contributed by atoms with van der Waals surface area (Å²) in [7, 11) is 0. The summed E-state index contributed by atoms with van der Waals surface area (Å²) in [4.78, 5) is 10.5. The smallest absolute Gasteiger partial charge is 0.338 e. The van der Waals surface area contributed by atoms with Gasteiger partial charge in [0, 0.05) is 0 Å². The highest BCUT2D eigenvalue weighted by Gasteiger charge is 2.41. The Hall–Kier alpha value is -0.610. The van der Waals surface area contributed by atoms with Crippen LogP contribution in [0.4, 0.5) is 0 Å². The fourth-order valence-corrected chi connectivity index (χ4v) is 0.956. The van der Waals surface area contributed by atoms with Crippen molar-refractivity contribution in [2.24, 2.45) is 0 Å². The van der Waals surface area contributed by atoms with Gasteiger partial charge in [-0.1, -0.05) is 6.92 Å². The van der Waals surface area contributed by atoms with Crippen molar-refractivity contribution in [3.8, 4) is 0 Å². The molecule has 0 saturated carbocycles. The summed E-state index contributed by atoms with van der Waals surface area (Å²) in [5.74, 6) is -0.723. The number of aliphatic hydroxyl groups excluding tert-OH is 2. The van der Waals surface area contributed by atoms with E-state index in [1.54, 1.807) is 6.92 Å². The van der Waals surface area contributed by atoms with Crippen LogP contribution in [0.15, 0.2) is 0 Å². The number of aliphatic hydroxyl groups is 2. The number of esters is 1. The highest BCUT2D eigenvalue weighted by Crippen LogP contribution is 2.17. The second-order valence-electron chi connectivity index (χ2n) is 2.32. The quantitative estimate of drug-likeness (QED) is 0.468. The number of carbonyl (C=O) groups is 1. The van der Waals surface area contributed by atoms with Crippen LogP contribution < -0.4 is 0 Å². The molecule has 0 spiro atoms. The lowest BCUT2D eigenvalue weighted by atomic mass is 10.1. The van der Waals surface area contributed by atoms with E-state index in [0.29, 0.717) is 6.42 Å². The molecule has 1 saturated heterocycles. The predicted octanol–water partition coefficient (Wildman–Crippen LogP) is -0.956. The summed E-state index contributed by atoms with van der Waals surface area (Å²) in [6.07, 6.45) is -2.38. The van der Waals surface area contributed by atoms with Crippen LogP contribution in [0.2, 0.25) is 0 Å². The minimum Gasteiger partial charge on any atom is -0.458 e. The summed E-state index contributed by atoms with van der Waals surface area (Å²) in [6, 6.07) is 0. The Kier molecular flexibility index (Phi) is 1.92. The van der Waals surface area contributed by atoms with Crippen LogP contribution in [0.3, 0.4) is 0 Å². The Morgan fingerprint density at radius 2 is 2.20 bits per heavy atom. The normalized spacial score (nSPS) is 39.9. The minimum absolute atomic E-state index is 0.525. The predicted molar refractivity (Wildman–Crippen MR) is 32.2 cm³/mol. The molecular formula is C6H10O4. The van der Waals surface area contributed by atoms with Gasteiger partial charge >= 0.3 is 5.97 Å². The molecule has 0 aromatic heterocycles. The molecule has 0 aromatic rings. The fourth-order valence-electron chi connectivity index (χ4n) is 0.956. The first-order chi connectivity index (χ1) is 4.66. The molecule has 0 radical (unpaired) electrons. The van der Waals surface area contributed by atoms with E-state index < -0.39 is 24.3 Å². The molecule has 1 rings (SSSR count). The second-order valence-corrected chi connectivity index (χ2v) is 2.32. The van der Waals surface area contributed by atoms with Crippen LogP contribution in [-0.2, 0) is 9.53 Å². The molecule has 58 valence electrons. The van der Waals surface area contributed by atoms with Gasteiger partial charge in [-0.3, -0.25) is 0 Å². The van der Waals surface area contributed by atoms with Gasteiger partial charge in [0.1, 0.15) is 12.2 Å². The fraction of sp³-hybridized carbons (Fsp3) is 0.833. The lowest BCUT2D eigenvalue weighted by Crippen LogP contribution is -2.30. The molecule has 2 N–H and O–H groups in total. The van der Waals surface area contributed by atoms with Crippen molar-refractivity contribution >= 4 is 5.97 Å². The maximum Gasteiger partial charge on any atom is 0.338 e. The van der Waals surface area contributed by atoms with E-state index in [9.17, 15) is 4.79 Å². The summed E-state index contributed by atoms with van der Waals surface area (Å²) in [6.45, 7) is 1.78. The molecular weight excluding hydrogens is 136 g/mol. The second kappa shape index (κ2) is 2.56. The molecule has 0 bridgehead atoms. The highest BCUT2D eigenvalue weighted by atomic mass is 16.6. The van der Waals surface area contributed by atoms with Gasteiger partial charge in [-0.2, -0.15) is 0 Å². The molecule has 4 heteroatoms. The molecule has 4 nitrogen and oxygen atoms in total. The van der Waals surface area contributed by atoms with Gasteiger partial charge in [0.2, 0.25) is 0 Å². The SMILES string of the molecule is CC[C@H]1OC(=O)[C@H](O)[C@H]1O. The number of ether oxygens (including phenoxy) is 1. The van der Waals surface area contributed by atoms with E-state index in [2.05, 4.69) is 4.74 Å². The van der Waals surface area contributed by atoms with E-state index in [-0.39, 0.29) is 0 Å². The summed E-state index contributed by atoms with van der Waals surface area (Å²) in [5, 5.41) is 17.9. The van der Waals surface area contributed by atoms with E-state index in [0.717, 1.165) is 0 Å². The highest BCUT2D eigenvalue weighted by molar-refractivity contribution is 5.77. The van der Waals surface area contributed by atoms with Crippen LogP contribution in [0, 0.1) is 0 Å². The monoisotopic (exact) mass is 146 g/mol. The van der Waals surface area contributed by atoms with Gasteiger partial charge in [0.05, 0.1) is 0 Å². The van der Waals surface area contributed by atoms with Gasteiger partial charge in [0.15, 0.2) is 6.10 Å². The lowest BCUT2D eigenvalue weighted by molar-refractivity contribution is -0.147. The van der Waals surface area contributed by atoms with Gasteiger partial charge in [-0.05, 0) is 6.42 Å². The van der Waals surface area contributed by atoms with Gasteiger partial charge in [-0.25, -0.2) is 4.79 Å². The Labute approximate surface area is 58.4 Å². The van der Waals surface area contributed by atoms with E-state index >= 15 is 0 Å². The molecule has 0 amide bonds. The Morgan fingerprint density at radius 3 is 2.40 bits per heavy atom. The molecule has 0 aromatic carbocycles. The Morgan fingerprint density at radius 1 is 1.60 bits per heavy atom. The van der Waals surface area contributed by atoms with Crippen molar-refractivity contribution in [2.75, 3.05) is 0 Å². The molecule has 1 heterocycles. The Balaban J connectivity index is 2.61. The largest absolute Gasteiger partial charge is 0.458 e. The van der Waals surface area contributed by atoms with Crippen molar-refractivity contribution in [1.82, 2.24) is 0 Å². The number of hydrogen-bond donors (Lipinski definition) is 2. The van der Waals surface area contributed by atoms with Crippen molar-refractivity contribution in [3.63, 3.8) is 0 Å². The van der Waals surface area contributed by atoms with E-state index in [4.69, 9.17) is 10.2 Å². The number of hydrogen-bond acceptors (Lipinski definition) is 4. The summed E-state index contributed by atoms with van der Waals surface area (Å²) in [5.41, 5.74) is 0. The minimum atomic E-state index is -1.34. The maximum absolute atomic E-state index is 10.5. The average molecular weight is 146 g/mol. The van der Waals surface area contributed by atoms with Crippen LogP contribution in [0.5, 0.6) is 0 Å². The van der Waals surface area contributed by atoms with Crippen LogP contribution in [-0.4, -0.2) is 34.5 Å². The molecule has 0 unspecified atom stereocenters. The van der Waals surface area contributed by atoms with Crippen LogP contribution in [0.1, 0.15) is 13.3 Å². The lowest BCUT2D eigenvalue weighted by Gasteiger charge is -2.09. The van der Waals surface area contributed by atoms with Crippen LogP contribution >= 0.6 is 0 Å². The molecule has 1 aliphatic rings. The summed E-state index contributed by atoms with van der Waals surface area (Å²) < 4.78 is 4.60. The van der Waals surface area contributed by atoms with Crippen LogP contribution in [0.25, 0.3) is 0 Å². The molecule has 1 fully saturated rings. The first kappa shape index (κ1) is 7.50. The van der Waals surface area contributed by atoms with Gasteiger partial charge in [-0.15, -0.1) is 0 Å². The third kappa shape index (κ3) is 0.998. The van der Waals surface area contributed by atoms with E-state index in [1.807, 2.05) is 0 Å². The summed E-state index contributed by atoms with van der Waals surface area (Å²) >= 11 is 0. The maximum atomic E-state index is 10.5. The first-order valence-corrected chi connectivity index (χ1v) is 3.23. The zero-order chi connectivity index (χ0) is 7.72.